The Labute approximate surface area is 134 Å². The third kappa shape index (κ3) is 2.85. The van der Waals surface area contributed by atoms with E-state index in [1.807, 2.05) is 0 Å². The maximum absolute atomic E-state index is 14.1. The average molecular weight is 331 g/mol. The van der Waals surface area contributed by atoms with Crippen molar-refractivity contribution in [1.29, 1.82) is 0 Å². The number of aromatic carboxylic acids is 1. The fourth-order valence-electron chi connectivity index (χ4n) is 2.29. The Hall–Kier alpha value is -2.60. The average Bonchev–Trinajstić information content (AvgIpc) is 2.89. The quantitative estimate of drug-likeness (QED) is 0.752. The molecule has 0 amide bonds. The molecule has 1 N–H and O–H groups in total. The van der Waals surface area contributed by atoms with E-state index in [9.17, 15) is 18.7 Å². The molecule has 1 heterocycles. The number of hydrogen-bond acceptors (Lipinski definition) is 3. The maximum Gasteiger partial charge on any atom is 0.336 e. The van der Waals surface area contributed by atoms with E-state index in [1.165, 1.54) is 41.7 Å². The predicted octanol–water partition coefficient (Wildman–Crippen LogP) is 4.76. The number of aromatic nitrogens is 1. The van der Waals surface area contributed by atoms with E-state index < -0.39 is 11.8 Å². The lowest BCUT2D eigenvalue weighted by molar-refractivity contribution is 0.0697. The van der Waals surface area contributed by atoms with Crippen LogP contribution in [-0.2, 0) is 0 Å². The van der Waals surface area contributed by atoms with Crippen LogP contribution in [-0.4, -0.2) is 16.1 Å². The molecule has 3 aromatic rings. The highest BCUT2D eigenvalue weighted by Crippen LogP contribution is 2.37. The molecule has 0 saturated carbocycles. The maximum atomic E-state index is 14.1. The number of aryl methyl sites for hydroxylation is 1. The van der Waals surface area contributed by atoms with Gasteiger partial charge in [0.05, 0.1) is 21.7 Å². The lowest BCUT2D eigenvalue weighted by Crippen LogP contribution is -2.01. The zero-order valence-electron chi connectivity index (χ0n) is 12.0. The van der Waals surface area contributed by atoms with Crippen LogP contribution in [0.3, 0.4) is 0 Å². The molecule has 0 radical (unpaired) electrons. The van der Waals surface area contributed by atoms with Crippen LogP contribution in [0.4, 0.5) is 8.78 Å². The Bertz CT molecular complexity index is 888. The Morgan fingerprint density at radius 2 is 1.83 bits per heavy atom. The van der Waals surface area contributed by atoms with Gasteiger partial charge in [0.15, 0.2) is 0 Å². The number of benzene rings is 2. The normalized spacial score (nSPS) is 10.7. The second-order valence-corrected chi connectivity index (χ2v) is 5.91. The number of carboxylic acids is 1. The standard InChI is InChI=1S/C17H11F2NO2S/c1-9-15(10-5-7-11(18)8-6-10)23-16(20-9)14-12(17(21)22)3-2-4-13(14)19/h2-8H,1H3,(H,21,22). The van der Waals surface area contributed by atoms with E-state index >= 15 is 0 Å². The largest absolute Gasteiger partial charge is 0.478 e. The van der Waals surface area contributed by atoms with Gasteiger partial charge in [-0.05, 0) is 36.8 Å². The first-order valence-electron chi connectivity index (χ1n) is 6.73. The molecule has 1 aromatic heterocycles. The topological polar surface area (TPSA) is 50.2 Å². The summed E-state index contributed by atoms with van der Waals surface area (Å²) in [6.07, 6.45) is 0. The lowest BCUT2D eigenvalue weighted by Gasteiger charge is -2.03. The molecule has 0 atom stereocenters. The molecule has 3 nitrogen and oxygen atoms in total. The molecule has 0 spiro atoms. The van der Waals surface area contributed by atoms with Crippen molar-refractivity contribution in [1.82, 2.24) is 4.98 Å². The van der Waals surface area contributed by atoms with E-state index in [-0.39, 0.29) is 22.0 Å². The van der Waals surface area contributed by atoms with Crippen LogP contribution in [0.5, 0.6) is 0 Å². The number of rotatable bonds is 3. The predicted molar refractivity (Wildman–Crippen MR) is 84.6 cm³/mol. The molecule has 2 aromatic carbocycles. The summed E-state index contributed by atoms with van der Waals surface area (Å²) >= 11 is 1.18. The van der Waals surface area contributed by atoms with Gasteiger partial charge in [0.1, 0.15) is 16.6 Å². The van der Waals surface area contributed by atoms with Crippen molar-refractivity contribution in [3.8, 4) is 21.0 Å². The molecule has 6 heteroatoms. The van der Waals surface area contributed by atoms with Gasteiger partial charge in [-0.25, -0.2) is 18.6 Å². The summed E-state index contributed by atoms with van der Waals surface area (Å²) in [4.78, 5) is 16.4. The molecule has 0 bridgehead atoms. The van der Waals surface area contributed by atoms with Gasteiger partial charge < -0.3 is 5.11 Å². The number of nitrogens with zero attached hydrogens (tertiary/aromatic N) is 1. The monoisotopic (exact) mass is 331 g/mol. The van der Waals surface area contributed by atoms with Gasteiger partial charge in [0.2, 0.25) is 0 Å². The fourth-order valence-corrected chi connectivity index (χ4v) is 3.42. The van der Waals surface area contributed by atoms with Crippen molar-refractivity contribution >= 4 is 17.3 Å². The highest BCUT2D eigenvalue weighted by atomic mass is 32.1. The van der Waals surface area contributed by atoms with Crippen LogP contribution in [0.1, 0.15) is 16.1 Å². The van der Waals surface area contributed by atoms with Gasteiger partial charge in [-0.3, -0.25) is 0 Å². The number of thiazole rings is 1. The Balaban J connectivity index is 2.15. The first-order chi connectivity index (χ1) is 11.0. The molecular weight excluding hydrogens is 320 g/mol. The summed E-state index contributed by atoms with van der Waals surface area (Å²) in [5.41, 5.74) is 1.22. The van der Waals surface area contributed by atoms with Crippen molar-refractivity contribution in [3.05, 3.63) is 65.4 Å². The Morgan fingerprint density at radius 1 is 1.13 bits per heavy atom. The smallest absolute Gasteiger partial charge is 0.336 e. The second-order valence-electron chi connectivity index (χ2n) is 4.91. The Kier molecular flexibility index (Phi) is 3.92. The summed E-state index contributed by atoms with van der Waals surface area (Å²) in [5, 5.41) is 9.53. The number of hydrogen-bond donors (Lipinski definition) is 1. The zero-order valence-corrected chi connectivity index (χ0v) is 12.8. The van der Waals surface area contributed by atoms with E-state index in [0.29, 0.717) is 5.69 Å². The van der Waals surface area contributed by atoms with Crippen LogP contribution in [0.2, 0.25) is 0 Å². The van der Waals surface area contributed by atoms with Crippen molar-refractivity contribution in [2.45, 2.75) is 6.92 Å². The second kappa shape index (κ2) is 5.89. The highest BCUT2D eigenvalue weighted by Gasteiger charge is 2.20. The van der Waals surface area contributed by atoms with Crippen molar-refractivity contribution < 1.29 is 18.7 Å². The van der Waals surface area contributed by atoms with Gasteiger partial charge in [0, 0.05) is 0 Å². The first-order valence-corrected chi connectivity index (χ1v) is 7.54. The van der Waals surface area contributed by atoms with Crippen LogP contribution < -0.4 is 0 Å². The molecule has 0 aliphatic heterocycles. The number of carbonyl (C=O) groups is 1. The van der Waals surface area contributed by atoms with Gasteiger partial charge >= 0.3 is 5.97 Å². The summed E-state index contributed by atoms with van der Waals surface area (Å²) in [6, 6.07) is 9.78. The van der Waals surface area contributed by atoms with Crippen LogP contribution in [0, 0.1) is 18.6 Å². The van der Waals surface area contributed by atoms with E-state index in [0.717, 1.165) is 10.4 Å². The van der Waals surface area contributed by atoms with E-state index in [4.69, 9.17) is 0 Å². The number of halogens is 2. The SMILES string of the molecule is Cc1nc(-c2c(F)cccc2C(=O)O)sc1-c1ccc(F)cc1. The molecule has 116 valence electrons. The van der Waals surface area contributed by atoms with Crippen LogP contribution in [0.15, 0.2) is 42.5 Å². The summed E-state index contributed by atoms with van der Waals surface area (Å²) in [6.45, 7) is 1.75. The summed E-state index contributed by atoms with van der Waals surface area (Å²) in [7, 11) is 0. The minimum absolute atomic E-state index is 0.0264. The molecule has 0 unspecified atom stereocenters. The van der Waals surface area contributed by atoms with Crippen molar-refractivity contribution in [3.63, 3.8) is 0 Å². The summed E-state index contributed by atoms with van der Waals surface area (Å²) in [5.74, 6) is -2.20. The molecule has 0 aliphatic rings. The van der Waals surface area contributed by atoms with Gasteiger partial charge in [-0.15, -0.1) is 11.3 Å². The van der Waals surface area contributed by atoms with Gasteiger partial charge in [0.25, 0.3) is 0 Å². The Morgan fingerprint density at radius 3 is 2.48 bits per heavy atom. The first kappa shape index (κ1) is 15.3. The fraction of sp³-hybridized carbons (Fsp3) is 0.0588. The van der Waals surface area contributed by atoms with Crippen molar-refractivity contribution in [2.75, 3.05) is 0 Å². The van der Waals surface area contributed by atoms with Crippen LogP contribution in [0.25, 0.3) is 21.0 Å². The van der Waals surface area contributed by atoms with E-state index in [2.05, 4.69) is 4.98 Å². The minimum Gasteiger partial charge on any atom is -0.478 e. The highest BCUT2D eigenvalue weighted by molar-refractivity contribution is 7.18. The molecule has 23 heavy (non-hydrogen) atoms. The molecular formula is C17H11F2NO2S. The van der Waals surface area contributed by atoms with E-state index in [1.54, 1.807) is 19.1 Å². The summed E-state index contributed by atoms with van der Waals surface area (Å²) < 4.78 is 27.2. The van der Waals surface area contributed by atoms with Crippen molar-refractivity contribution in [2.24, 2.45) is 0 Å². The van der Waals surface area contributed by atoms with Gasteiger partial charge in [-0.2, -0.15) is 0 Å². The molecule has 0 saturated heterocycles. The third-order valence-electron chi connectivity index (χ3n) is 3.36. The van der Waals surface area contributed by atoms with Crippen LogP contribution >= 0.6 is 11.3 Å². The number of carboxylic acid groups (broad SMARTS) is 1. The third-order valence-corrected chi connectivity index (χ3v) is 4.58. The zero-order chi connectivity index (χ0) is 16.6. The molecule has 0 aliphatic carbocycles. The molecule has 0 fully saturated rings. The minimum atomic E-state index is -1.21. The molecule has 3 rings (SSSR count). The lowest BCUT2D eigenvalue weighted by atomic mass is 10.1. The van der Waals surface area contributed by atoms with Gasteiger partial charge in [-0.1, -0.05) is 18.2 Å².